The lowest BCUT2D eigenvalue weighted by molar-refractivity contribution is 0.0237. The van der Waals surface area contributed by atoms with Gasteiger partial charge in [0.25, 0.3) is 0 Å². The zero-order valence-electron chi connectivity index (χ0n) is 16.7. The predicted molar refractivity (Wildman–Crippen MR) is 114 cm³/mol. The number of hydrogen-bond donors (Lipinski definition) is 0. The summed E-state index contributed by atoms with van der Waals surface area (Å²) in [6, 6.07) is 9.84. The summed E-state index contributed by atoms with van der Waals surface area (Å²) in [7, 11) is -1.56. The summed E-state index contributed by atoms with van der Waals surface area (Å²) < 4.78 is 19.3. The smallest absolute Gasteiger partial charge is 0.321 e. The summed E-state index contributed by atoms with van der Waals surface area (Å²) in [6.45, 7) is 9.18. The molecule has 0 radical (unpaired) electrons. The van der Waals surface area contributed by atoms with Gasteiger partial charge in [-0.1, -0.05) is 28.1 Å². The Hall–Kier alpha value is -0.203. The molecule has 0 saturated heterocycles. The highest BCUT2D eigenvalue weighted by molar-refractivity contribution is 9.10. The third-order valence-electron chi connectivity index (χ3n) is 4.80. The van der Waals surface area contributed by atoms with Crippen molar-refractivity contribution in [1.29, 1.82) is 0 Å². The summed E-state index contributed by atoms with van der Waals surface area (Å²) in [4.78, 5) is 0. The summed E-state index contributed by atoms with van der Waals surface area (Å²) in [5.74, 6) is 0.693. The molecular formula is C21H35BrO3Si. The molecule has 1 aliphatic carbocycles. The molecule has 2 rings (SSSR count). The first kappa shape index (κ1) is 22.1. The van der Waals surface area contributed by atoms with Gasteiger partial charge in [0.2, 0.25) is 0 Å². The first-order chi connectivity index (χ1) is 12.4. The normalized spacial score (nSPS) is 21.1. The van der Waals surface area contributed by atoms with Crippen LogP contribution in [0.15, 0.2) is 28.7 Å². The van der Waals surface area contributed by atoms with Gasteiger partial charge in [-0.25, -0.2) is 0 Å². The van der Waals surface area contributed by atoms with E-state index in [0.29, 0.717) is 12.0 Å². The highest BCUT2D eigenvalue weighted by atomic mass is 79.9. The Bertz CT molecular complexity index is 488. The fourth-order valence-corrected chi connectivity index (χ4v) is 5.89. The minimum Gasteiger partial charge on any atom is -0.394 e. The van der Waals surface area contributed by atoms with Gasteiger partial charge in [0, 0.05) is 23.3 Å². The molecule has 148 valence electrons. The fourth-order valence-electron chi connectivity index (χ4n) is 3.57. The zero-order chi connectivity index (χ0) is 18.9. The van der Waals surface area contributed by atoms with Crippen LogP contribution in [0.2, 0.25) is 6.04 Å². The molecule has 1 aromatic carbocycles. The third-order valence-corrected chi connectivity index (χ3v) is 7.91. The number of hydrogen-bond acceptors (Lipinski definition) is 3. The minimum absolute atomic E-state index is 0.250. The highest BCUT2D eigenvalue weighted by Crippen LogP contribution is 2.34. The van der Waals surface area contributed by atoms with Gasteiger partial charge in [-0.3, -0.25) is 0 Å². The van der Waals surface area contributed by atoms with Crippen molar-refractivity contribution in [2.75, 3.05) is 6.61 Å². The molecule has 1 saturated carbocycles. The fraction of sp³-hybridized carbons (Fsp3) is 0.714. The lowest BCUT2D eigenvalue weighted by atomic mass is 9.83. The topological polar surface area (TPSA) is 27.7 Å². The molecular weight excluding hydrogens is 408 g/mol. The van der Waals surface area contributed by atoms with E-state index in [9.17, 15) is 0 Å². The van der Waals surface area contributed by atoms with Gasteiger partial charge < -0.3 is 13.6 Å². The molecule has 26 heavy (non-hydrogen) atoms. The second kappa shape index (κ2) is 11.6. The van der Waals surface area contributed by atoms with Gasteiger partial charge in [-0.2, -0.15) is 0 Å². The van der Waals surface area contributed by atoms with Crippen LogP contribution in [0.1, 0.15) is 71.3 Å². The number of ether oxygens (including phenoxy) is 1. The Morgan fingerprint density at radius 2 is 1.54 bits per heavy atom. The van der Waals surface area contributed by atoms with Crippen molar-refractivity contribution < 1.29 is 13.6 Å². The molecule has 0 amide bonds. The van der Waals surface area contributed by atoms with Crippen molar-refractivity contribution in [3.63, 3.8) is 0 Å². The average molecular weight is 443 g/mol. The third kappa shape index (κ3) is 8.22. The van der Waals surface area contributed by atoms with E-state index in [0.717, 1.165) is 23.5 Å². The maximum absolute atomic E-state index is 6.15. The van der Waals surface area contributed by atoms with Crippen molar-refractivity contribution in [2.24, 2.45) is 0 Å². The Morgan fingerprint density at radius 3 is 2.08 bits per heavy atom. The molecule has 0 unspecified atom stereocenters. The summed E-state index contributed by atoms with van der Waals surface area (Å²) >= 11 is 3.52. The SMILES string of the molecule is CC(C)O[SiH](CCCOC1CCC(c2ccc(Br)cc2)CC1)OC(C)C. The number of halogens is 1. The number of benzene rings is 1. The second-order valence-electron chi connectivity index (χ2n) is 7.84. The standard InChI is InChI=1S/C21H35BrO3Si/c1-16(2)24-26(25-17(3)4)15-5-14-23-21-12-8-19(9-13-21)18-6-10-20(22)11-7-18/h6-7,10-11,16-17,19,21,26H,5,8-9,12-15H2,1-4H3. The van der Waals surface area contributed by atoms with Crippen LogP contribution in [0.4, 0.5) is 0 Å². The van der Waals surface area contributed by atoms with E-state index in [-0.39, 0.29) is 12.2 Å². The Balaban J connectivity index is 1.64. The molecule has 5 heteroatoms. The molecule has 0 spiro atoms. The molecule has 0 heterocycles. The summed E-state index contributed by atoms with van der Waals surface area (Å²) in [5, 5.41) is 0. The molecule has 0 bridgehead atoms. The van der Waals surface area contributed by atoms with Crippen LogP contribution in [0.25, 0.3) is 0 Å². The van der Waals surface area contributed by atoms with Gasteiger partial charge in [0.05, 0.1) is 6.10 Å². The first-order valence-electron chi connectivity index (χ1n) is 10.1. The maximum atomic E-state index is 6.15. The zero-order valence-corrected chi connectivity index (χ0v) is 19.5. The minimum atomic E-state index is -1.56. The van der Waals surface area contributed by atoms with Crippen molar-refractivity contribution in [3.8, 4) is 0 Å². The molecule has 0 N–H and O–H groups in total. The highest BCUT2D eigenvalue weighted by Gasteiger charge is 2.23. The van der Waals surface area contributed by atoms with Gasteiger partial charge in [-0.05, 0) is 89.5 Å². The molecule has 1 aliphatic rings. The van der Waals surface area contributed by atoms with Crippen LogP contribution >= 0.6 is 15.9 Å². The van der Waals surface area contributed by atoms with Crippen LogP contribution in [0, 0.1) is 0 Å². The Morgan fingerprint density at radius 1 is 0.962 bits per heavy atom. The van der Waals surface area contributed by atoms with Crippen molar-refractivity contribution in [3.05, 3.63) is 34.3 Å². The van der Waals surface area contributed by atoms with E-state index in [1.54, 1.807) is 0 Å². The summed E-state index contributed by atoms with van der Waals surface area (Å²) in [5.41, 5.74) is 1.47. The van der Waals surface area contributed by atoms with Gasteiger partial charge in [0.15, 0.2) is 0 Å². The van der Waals surface area contributed by atoms with E-state index in [1.165, 1.54) is 31.2 Å². The van der Waals surface area contributed by atoms with Crippen molar-refractivity contribution in [2.45, 2.75) is 90.1 Å². The molecule has 0 atom stereocenters. The quantitative estimate of drug-likeness (QED) is 0.330. The Kier molecular flexibility index (Phi) is 9.85. The lowest BCUT2D eigenvalue weighted by Crippen LogP contribution is -2.30. The molecule has 1 aromatic rings. The van der Waals surface area contributed by atoms with E-state index >= 15 is 0 Å². The summed E-state index contributed by atoms with van der Waals surface area (Å²) in [6.07, 6.45) is 6.79. The van der Waals surface area contributed by atoms with Crippen LogP contribution in [0.5, 0.6) is 0 Å². The maximum Gasteiger partial charge on any atom is 0.321 e. The van der Waals surface area contributed by atoms with Crippen LogP contribution < -0.4 is 0 Å². The van der Waals surface area contributed by atoms with Gasteiger partial charge in [-0.15, -0.1) is 0 Å². The monoisotopic (exact) mass is 442 g/mol. The molecule has 1 fully saturated rings. The van der Waals surface area contributed by atoms with Crippen molar-refractivity contribution in [1.82, 2.24) is 0 Å². The largest absolute Gasteiger partial charge is 0.394 e. The van der Waals surface area contributed by atoms with Crippen LogP contribution in [0.3, 0.4) is 0 Å². The predicted octanol–water partition coefficient (Wildman–Crippen LogP) is 5.95. The van der Waals surface area contributed by atoms with E-state index < -0.39 is 9.28 Å². The van der Waals surface area contributed by atoms with Crippen molar-refractivity contribution >= 4 is 25.2 Å². The average Bonchev–Trinajstić information content (AvgIpc) is 2.59. The first-order valence-corrected chi connectivity index (χ1v) is 12.7. The van der Waals surface area contributed by atoms with Gasteiger partial charge in [0.1, 0.15) is 0 Å². The van der Waals surface area contributed by atoms with Crippen LogP contribution in [-0.2, 0) is 13.6 Å². The lowest BCUT2D eigenvalue weighted by Gasteiger charge is -2.29. The van der Waals surface area contributed by atoms with E-state index in [4.69, 9.17) is 13.6 Å². The molecule has 3 nitrogen and oxygen atoms in total. The van der Waals surface area contributed by atoms with E-state index in [1.807, 2.05) is 0 Å². The van der Waals surface area contributed by atoms with Gasteiger partial charge >= 0.3 is 9.28 Å². The second-order valence-corrected chi connectivity index (χ2v) is 10.7. The van der Waals surface area contributed by atoms with Crippen LogP contribution in [-0.4, -0.2) is 34.2 Å². The molecule has 0 aromatic heterocycles. The molecule has 0 aliphatic heterocycles. The van der Waals surface area contributed by atoms with E-state index in [2.05, 4.69) is 67.9 Å². The number of rotatable bonds is 10. The Labute approximate surface area is 169 Å².